The van der Waals surface area contributed by atoms with Gasteiger partial charge in [0.25, 0.3) is 17.7 Å². The fourth-order valence-corrected chi connectivity index (χ4v) is 9.16. The van der Waals surface area contributed by atoms with Crippen LogP contribution >= 0.6 is 0 Å². The van der Waals surface area contributed by atoms with Gasteiger partial charge in [0.05, 0.1) is 54.5 Å². The molecule has 0 aliphatic carbocycles. The van der Waals surface area contributed by atoms with E-state index < -0.39 is 5.97 Å². The molecule has 0 unspecified atom stereocenters. The third kappa shape index (κ3) is 9.76. The first-order chi connectivity index (χ1) is 33.8. The molecule has 0 spiro atoms. The second-order valence-electron chi connectivity index (χ2n) is 17.7. The van der Waals surface area contributed by atoms with Crippen LogP contribution in [-0.2, 0) is 49.6 Å². The number of carbonyl (C=O) groups is 5. The van der Waals surface area contributed by atoms with Gasteiger partial charge in [-0.3, -0.25) is 33.3 Å². The summed E-state index contributed by atoms with van der Waals surface area (Å²) in [5.41, 5.74) is 10.2. The maximum Gasteiger partial charge on any atom is 0.303 e. The van der Waals surface area contributed by atoms with Crippen molar-refractivity contribution in [3.63, 3.8) is 0 Å². The van der Waals surface area contributed by atoms with Crippen LogP contribution in [0.3, 0.4) is 0 Å². The number of piperazine rings is 1. The molecular weight excluding hydrogens is 889 g/mol. The minimum atomic E-state index is -0.828. The quantitative estimate of drug-likeness (QED) is 0.128. The van der Waals surface area contributed by atoms with Gasteiger partial charge < -0.3 is 39.8 Å². The highest BCUT2D eigenvalue weighted by molar-refractivity contribution is 6.09. The maximum atomic E-state index is 13.8. The lowest BCUT2D eigenvalue weighted by Crippen LogP contribution is -2.50. The zero-order chi connectivity index (χ0) is 49.1. The number of rotatable bonds is 9. The molecule has 3 aliphatic rings. The molecule has 1 saturated heterocycles. The summed E-state index contributed by atoms with van der Waals surface area (Å²) in [4.78, 5) is 70.6. The molecule has 0 saturated carbocycles. The van der Waals surface area contributed by atoms with Gasteiger partial charge in [-0.2, -0.15) is 10.2 Å². The van der Waals surface area contributed by atoms with Crippen molar-refractivity contribution < 1.29 is 33.5 Å². The summed E-state index contributed by atoms with van der Waals surface area (Å²) in [6, 6.07) is 30.0. The Balaban J connectivity index is 0.000000185. The van der Waals surface area contributed by atoms with E-state index in [9.17, 15) is 24.0 Å². The molecule has 70 heavy (non-hydrogen) atoms. The Kier molecular flexibility index (Phi) is 13.3. The highest BCUT2D eigenvalue weighted by atomic mass is 16.4. The highest BCUT2D eigenvalue weighted by Crippen LogP contribution is 2.38. The number of aryl methyl sites for hydroxylation is 6. The fraction of sp³-hybridized carbons (Fsp3) is 0.264. The van der Waals surface area contributed by atoms with E-state index in [2.05, 4.69) is 20.8 Å². The van der Waals surface area contributed by atoms with Crippen molar-refractivity contribution in [1.29, 1.82) is 0 Å². The number of benzene rings is 4. The fourth-order valence-electron chi connectivity index (χ4n) is 9.16. The summed E-state index contributed by atoms with van der Waals surface area (Å²) >= 11 is 0. The number of aliphatic carboxylic acids is 1. The topological polar surface area (TPSA) is 191 Å². The first-order valence-corrected chi connectivity index (χ1v) is 23.2. The van der Waals surface area contributed by atoms with Gasteiger partial charge >= 0.3 is 5.97 Å². The van der Waals surface area contributed by atoms with Gasteiger partial charge in [0, 0.05) is 75.4 Å². The largest absolute Gasteiger partial charge is 0.481 e. The van der Waals surface area contributed by atoms with Crippen LogP contribution in [0.5, 0.6) is 0 Å². The smallest absolute Gasteiger partial charge is 0.303 e. The first kappa shape index (κ1) is 46.6. The molecule has 1 fully saturated rings. The molecule has 4 aromatic carbocycles. The van der Waals surface area contributed by atoms with Crippen LogP contribution in [0, 0.1) is 13.8 Å². The second kappa shape index (κ2) is 20.0. The summed E-state index contributed by atoms with van der Waals surface area (Å²) in [6.07, 6.45) is 6.52. The Hall–Kier alpha value is -8.47. The van der Waals surface area contributed by atoms with Gasteiger partial charge in [-0.1, -0.05) is 36.4 Å². The van der Waals surface area contributed by atoms with Gasteiger partial charge in [-0.15, -0.1) is 0 Å². The van der Waals surface area contributed by atoms with Gasteiger partial charge in [0.2, 0.25) is 5.91 Å². The van der Waals surface area contributed by atoms with Crippen molar-refractivity contribution in [1.82, 2.24) is 29.4 Å². The first-order valence-electron chi connectivity index (χ1n) is 23.2. The second-order valence-corrected chi connectivity index (χ2v) is 17.7. The highest BCUT2D eigenvalue weighted by Gasteiger charge is 2.30. The molecule has 10 rings (SSSR count). The average molecular weight is 943 g/mol. The minimum Gasteiger partial charge on any atom is -0.481 e. The maximum absolute atomic E-state index is 13.8. The van der Waals surface area contributed by atoms with Crippen molar-refractivity contribution in [3.8, 4) is 0 Å². The SMILES string of the molecule is Cc1cc(C(=O)N2Cc3cnn(C)c3Nc3ccccc32)ccc1CCC(=O)N1CCN(C(=O)c2ccco2)CC1.Cc1cc(C(=O)N2Cc3cnn(C)c3Nc3ccccc32)ccc1CCC(=O)O. The Morgan fingerprint density at radius 2 is 1.09 bits per heavy atom. The lowest BCUT2D eigenvalue weighted by molar-refractivity contribution is -0.137. The number of anilines is 6. The molecule has 3 N–H and O–H groups in total. The van der Waals surface area contributed by atoms with Crippen LogP contribution in [0.15, 0.2) is 120 Å². The van der Waals surface area contributed by atoms with Crippen LogP contribution in [0.2, 0.25) is 0 Å². The van der Waals surface area contributed by atoms with E-state index in [1.165, 1.54) is 6.26 Å². The number of nitrogens with zero attached hydrogens (tertiary/aromatic N) is 8. The number of furan rings is 1. The molecule has 3 aliphatic heterocycles. The monoisotopic (exact) mass is 942 g/mol. The van der Waals surface area contributed by atoms with Crippen molar-refractivity contribution in [2.75, 3.05) is 46.6 Å². The van der Waals surface area contributed by atoms with Gasteiger partial charge in [-0.25, -0.2) is 0 Å². The summed E-state index contributed by atoms with van der Waals surface area (Å²) in [5, 5.41) is 24.4. The van der Waals surface area contributed by atoms with Gasteiger partial charge in [-0.05, 0) is 110 Å². The lowest BCUT2D eigenvalue weighted by Gasteiger charge is -2.34. The predicted molar refractivity (Wildman–Crippen MR) is 265 cm³/mol. The number of carboxylic acid groups (broad SMARTS) is 1. The summed E-state index contributed by atoms with van der Waals surface area (Å²) in [6.45, 7) is 6.67. The van der Waals surface area contributed by atoms with Crippen LogP contribution in [-0.4, -0.2) is 90.2 Å². The van der Waals surface area contributed by atoms with Crippen molar-refractivity contribution in [2.24, 2.45) is 14.1 Å². The zero-order valence-corrected chi connectivity index (χ0v) is 39.5. The standard InChI is InChI=1S/C31H32N6O4.C22H22N4O3/c1-21-18-23(30(39)37-20-24-19-32-34(2)29(24)33-25-6-3-4-7-26(25)37)10-9-22(21)11-12-28(38)35-13-15-36(16-14-35)31(40)27-8-5-17-41-27;1-14-11-16(8-7-15(14)9-10-20(27)28)22(29)26-13-17-12-23-25(2)21(17)24-18-5-3-4-6-19(18)26/h3-10,17-19,33H,11-16,20H2,1-2H3;3-8,11-12,24H,9-10,13H2,1-2H3,(H,27,28). The molecule has 7 aromatic rings. The van der Waals surface area contributed by atoms with Crippen LogP contribution in [0.25, 0.3) is 0 Å². The molecule has 17 heteroatoms. The number of nitrogens with one attached hydrogen (secondary N) is 2. The lowest BCUT2D eigenvalue weighted by atomic mass is 10.00. The minimum absolute atomic E-state index is 0.0654. The predicted octanol–water partition coefficient (Wildman–Crippen LogP) is 7.79. The molecule has 6 heterocycles. The Morgan fingerprint density at radius 1 is 0.600 bits per heavy atom. The molecule has 3 aromatic heterocycles. The summed E-state index contributed by atoms with van der Waals surface area (Å²) in [5.74, 6) is 0.949. The van der Waals surface area contributed by atoms with Crippen molar-refractivity contribution in [3.05, 3.63) is 166 Å². The third-order valence-electron chi connectivity index (χ3n) is 13.1. The molecule has 0 atom stereocenters. The average Bonchev–Trinajstić information content (AvgIpc) is 4.06. The number of carboxylic acids is 1. The van der Waals surface area contributed by atoms with Gasteiger partial charge in [0.15, 0.2) is 5.76 Å². The van der Waals surface area contributed by atoms with Crippen LogP contribution in [0.1, 0.15) is 77.5 Å². The summed E-state index contributed by atoms with van der Waals surface area (Å²) < 4.78 is 8.76. The van der Waals surface area contributed by atoms with Crippen LogP contribution < -0.4 is 20.4 Å². The Bertz CT molecular complexity index is 3110. The molecule has 0 bridgehead atoms. The Labute approximate surface area is 404 Å². The molecule has 17 nitrogen and oxygen atoms in total. The van der Waals surface area contributed by atoms with E-state index in [4.69, 9.17) is 9.52 Å². The Morgan fingerprint density at radius 3 is 1.56 bits per heavy atom. The van der Waals surface area contributed by atoms with E-state index in [0.717, 1.165) is 67.8 Å². The van der Waals surface area contributed by atoms with Crippen LogP contribution in [0.4, 0.5) is 34.4 Å². The number of hydrogen-bond acceptors (Lipinski definition) is 10. The molecule has 358 valence electrons. The molecular formula is C53H54N10O7. The number of amides is 4. The van der Waals surface area contributed by atoms with Crippen molar-refractivity contribution >= 4 is 64.0 Å². The van der Waals surface area contributed by atoms with E-state index in [0.29, 0.717) is 75.4 Å². The zero-order valence-electron chi connectivity index (χ0n) is 39.5. The number of aromatic nitrogens is 4. The molecule has 4 amide bonds. The normalized spacial score (nSPS) is 13.8. The van der Waals surface area contributed by atoms with Gasteiger partial charge in [0.1, 0.15) is 11.6 Å². The van der Waals surface area contributed by atoms with E-state index >= 15 is 0 Å². The third-order valence-corrected chi connectivity index (χ3v) is 13.1. The summed E-state index contributed by atoms with van der Waals surface area (Å²) in [7, 11) is 3.74. The van der Waals surface area contributed by atoms with E-state index in [1.807, 2.05) is 112 Å². The number of carbonyl (C=O) groups excluding carboxylic acids is 4. The number of hydrogen-bond donors (Lipinski definition) is 3. The van der Waals surface area contributed by atoms with E-state index in [1.54, 1.807) is 54.7 Å². The number of para-hydroxylation sites is 4. The number of fused-ring (bicyclic) bond motifs is 4. The molecule has 0 radical (unpaired) electrons. The van der Waals surface area contributed by atoms with E-state index in [-0.39, 0.29) is 30.0 Å². The van der Waals surface area contributed by atoms with Crippen molar-refractivity contribution in [2.45, 2.75) is 52.6 Å².